The lowest BCUT2D eigenvalue weighted by Gasteiger charge is -2.15. The number of halogens is 1. The molecule has 1 amide bonds. The van der Waals surface area contributed by atoms with Crippen molar-refractivity contribution >= 4 is 5.91 Å². The molecule has 1 aliphatic heterocycles. The molecule has 1 rings (SSSR count). The molecule has 1 heterocycles. The van der Waals surface area contributed by atoms with Gasteiger partial charge >= 0.3 is 0 Å². The van der Waals surface area contributed by atoms with Gasteiger partial charge in [-0.1, -0.05) is 0 Å². The van der Waals surface area contributed by atoms with Crippen LogP contribution in [0.15, 0.2) is 0 Å². The molecule has 70 valence electrons. The molecule has 0 aliphatic carbocycles. The number of rotatable bonds is 3. The third-order valence-corrected chi connectivity index (χ3v) is 1.78. The van der Waals surface area contributed by atoms with Crippen molar-refractivity contribution in [3.8, 4) is 0 Å². The Balaban J connectivity index is 2.39. The second kappa shape index (κ2) is 3.82. The largest absolute Gasteiger partial charge is 0.395 e. The smallest absolute Gasteiger partial charge is 0.260 e. The van der Waals surface area contributed by atoms with Gasteiger partial charge in [0.2, 0.25) is 5.67 Å². The predicted octanol–water partition coefficient (Wildman–Crippen LogP) is -0.777. The molecule has 2 N–H and O–H groups in total. The van der Waals surface area contributed by atoms with Crippen LogP contribution in [0.2, 0.25) is 0 Å². The molecule has 5 heteroatoms. The number of carbonyl (C=O) groups is 1. The average molecular weight is 177 g/mol. The van der Waals surface area contributed by atoms with Crippen LogP contribution < -0.4 is 5.32 Å². The number of carbonyl (C=O) groups excluding carboxylic acids is 1. The summed E-state index contributed by atoms with van der Waals surface area (Å²) in [6.45, 7) is 0.0144. The van der Waals surface area contributed by atoms with Gasteiger partial charge in [-0.05, 0) is 0 Å². The molecule has 1 saturated heterocycles. The summed E-state index contributed by atoms with van der Waals surface area (Å²) in [5.41, 5.74) is -1.88. The molecule has 0 aromatic rings. The van der Waals surface area contributed by atoms with Gasteiger partial charge in [0.05, 0.1) is 19.8 Å². The van der Waals surface area contributed by atoms with Crippen molar-refractivity contribution in [3.63, 3.8) is 0 Å². The fraction of sp³-hybridized carbons (Fsp3) is 0.857. The second-order valence-corrected chi connectivity index (χ2v) is 2.75. The van der Waals surface area contributed by atoms with Crippen molar-refractivity contribution < 1.29 is 19.0 Å². The van der Waals surface area contributed by atoms with Crippen LogP contribution in [-0.4, -0.2) is 43.0 Å². The molecule has 0 saturated carbocycles. The lowest BCUT2D eigenvalue weighted by atomic mass is 10.1. The van der Waals surface area contributed by atoms with E-state index >= 15 is 0 Å². The van der Waals surface area contributed by atoms with Gasteiger partial charge in [0.1, 0.15) is 0 Å². The zero-order chi connectivity index (χ0) is 9.03. The zero-order valence-corrected chi connectivity index (χ0v) is 6.68. The lowest BCUT2D eigenvalue weighted by Crippen LogP contribution is -2.44. The van der Waals surface area contributed by atoms with Crippen LogP contribution in [0.25, 0.3) is 0 Å². The summed E-state index contributed by atoms with van der Waals surface area (Å²) in [6, 6.07) is 0. The first-order valence-corrected chi connectivity index (χ1v) is 3.85. The molecule has 1 fully saturated rings. The number of alkyl halides is 1. The molecule has 4 nitrogen and oxygen atoms in total. The molecular weight excluding hydrogens is 165 g/mol. The summed E-state index contributed by atoms with van der Waals surface area (Å²) >= 11 is 0. The van der Waals surface area contributed by atoms with E-state index in [9.17, 15) is 9.18 Å². The summed E-state index contributed by atoms with van der Waals surface area (Å²) in [7, 11) is 0. The molecule has 0 radical (unpaired) electrons. The molecule has 1 aliphatic rings. The van der Waals surface area contributed by atoms with Gasteiger partial charge in [-0.2, -0.15) is 0 Å². The Bertz CT molecular complexity index is 168. The molecule has 12 heavy (non-hydrogen) atoms. The third-order valence-electron chi connectivity index (χ3n) is 1.78. The highest BCUT2D eigenvalue weighted by Crippen LogP contribution is 2.22. The quantitative estimate of drug-likeness (QED) is 0.594. The van der Waals surface area contributed by atoms with Gasteiger partial charge in [-0.25, -0.2) is 4.39 Å². The first kappa shape index (κ1) is 9.41. The van der Waals surface area contributed by atoms with Crippen molar-refractivity contribution in [1.29, 1.82) is 0 Å². The molecule has 1 unspecified atom stereocenters. The van der Waals surface area contributed by atoms with Gasteiger partial charge in [0.25, 0.3) is 5.91 Å². The molecule has 0 spiro atoms. The molecular formula is C7H12FNO3. The Labute approximate surface area is 69.7 Å². The fourth-order valence-electron chi connectivity index (χ4n) is 1.05. The number of aliphatic hydroxyl groups is 1. The highest BCUT2D eigenvalue weighted by atomic mass is 19.1. The molecule has 0 aromatic heterocycles. The standard InChI is InChI=1S/C7H12FNO3/c8-7(1-4-12-5-7)6(11)9-2-3-10/h10H,1-5H2,(H,9,11). The van der Waals surface area contributed by atoms with E-state index in [2.05, 4.69) is 5.32 Å². The van der Waals surface area contributed by atoms with Gasteiger partial charge in [-0.15, -0.1) is 0 Å². The number of aliphatic hydroxyl groups excluding tert-OH is 1. The van der Waals surface area contributed by atoms with Gasteiger partial charge in [-0.3, -0.25) is 4.79 Å². The lowest BCUT2D eigenvalue weighted by molar-refractivity contribution is -0.133. The van der Waals surface area contributed by atoms with E-state index in [1.54, 1.807) is 0 Å². The minimum Gasteiger partial charge on any atom is -0.395 e. The number of hydrogen-bond donors (Lipinski definition) is 2. The maximum Gasteiger partial charge on any atom is 0.260 e. The zero-order valence-electron chi connectivity index (χ0n) is 6.68. The average Bonchev–Trinajstić information content (AvgIpc) is 2.49. The van der Waals surface area contributed by atoms with Crippen LogP contribution in [0.5, 0.6) is 0 Å². The Morgan fingerprint density at radius 3 is 3.00 bits per heavy atom. The van der Waals surface area contributed by atoms with E-state index in [-0.39, 0.29) is 32.8 Å². The first-order chi connectivity index (χ1) is 5.69. The third kappa shape index (κ3) is 1.92. The van der Waals surface area contributed by atoms with Gasteiger partial charge < -0.3 is 15.2 Å². The maximum absolute atomic E-state index is 13.4. The van der Waals surface area contributed by atoms with E-state index in [0.29, 0.717) is 0 Å². The highest BCUT2D eigenvalue weighted by Gasteiger charge is 2.42. The van der Waals surface area contributed by atoms with Crippen molar-refractivity contribution in [2.75, 3.05) is 26.4 Å². The van der Waals surface area contributed by atoms with E-state index in [0.717, 1.165) is 0 Å². The number of nitrogens with one attached hydrogen (secondary N) is 1. The SMILES string of the molecule is O=C(NCCO)C1(F)CCOC1. The normalized spacial score (nSPS) is 28.8. The van der Waals surface area contributed by atoms with Crippen molar-refractivity contribution in [3.05, 3.63) is 0 Å². The fourth-order valence-corrected chi connectivity index (χ4v) is 1.05. The van der Waals surface area contributed by atoms with E-state index in [1.165, 1.54) is 0 Å². The second-order valence-electron chi connectivity index (χ2n) is 2.75. The molecule has 0 aromatic carbocycles. The minimum atomic E-state index is -1.88. The number of ether oxygens (including phenoxy) is 1. The van der Waals surface area contributed by atoms with Crippen LogP contribution in [0.4, 0.5) is 4.39 Å². The van der Waals surface area contributed by atoms with Crippen LogP contribution in [0, 0.1) is 0 Å². The van der Waals surface area contributed by atoms with Crippen LogP contribution >= 0.6 is 0 Å². The van der Waals surface area contributed by atoms with Gasteiger partial charge in [0, 0.05) is 13.0 Å². The predicted molar refractivity (Wildman–Crippen MR) is 39.4 cm³/mol. The summed E-state index contributed by atoms with van der Waals surface area (Å²) in [4.78, 5) is 11.0. The van der Waals surface area contributed by atoms with E-state index in [1.807, 2.05) is 0 Å². The van der Waals surface area contributed by atoms with Crippen molar-refractivity contribution in [2.45, 2.75) is 12.1 Å². The van der Waals surface area contributed by atoms with Crippen LogP contribution in [-0.2, 0) is 9.53 Å². The van der Waals surface area contributed by atoms with Crippen molar-refractivity contribution in [1.82, 2.24) is 5.32 Å². The first-order valence-electron chi connectivity index (χ1n) is 3.85. The Hall–Kier alpha value is -0.680. The summed E-state index contributed by atoms with van der Waals surface area (Å²) in [6.07, 6.45) is 0.101. The van der Waals surface area contributed by atoms with E-state index < -0.39 is 11.6 Å². The summed E-state index contributed by atoms with van der Waals surface area (Å²) < 4.78 is 18.2. The van der Waals surface area contributed by atoms with Crippen LogP contribution in [0.1, 0.15) is 6.42 Å². The maximum atomic E-state index is 13.4. The minimum absolute atomic E-state index is 0.0878. The number of hydrogen-bond acceptors (Lipinski definition) is 3. The Kier molecular flexibility index (Phi) is 2.99. The topological polar surface area (TPSA) is 58.6 Å². The molecule has 0 bridgehead atoms. The summed E-state index contributed by atoms with van der Waals surface area (Å²) in [5, 5.41) is 10.6. The monoisotopic (exact) mass is 177 g/mol. The van der Waals surface area contributed by atoms with Crippen molar-refractivity contribution in [2.24, 2.45) is 0 Å². The Morgan fingerprint density at radius 2 is 2.50 bits per heavy atom. The summed E-state index contributed by atoms with van der Waals surface area (Å²) in [5.74, 6) is -0.686. The van der Waals surface area contributed by atoms with Gasteiger partial charge in [0.15, 0.2) is 0 Å². The Morgan fingerprint density at radius 1 is 1.75 bits per heavy atom. The van der Waals surface area contributed by atoms with E-state index in [4.69, 9.17) is 9.84 Å². The highest BCUT2D eigenvalue weighted by molar-refractivity contribution is 5.85. The van der Waals surface area contributed by atoms with Crippen LogP contribution in [0.3, 0.4) is 0 Å². The number of amides is 1. The molecule has 1 atom stereocenters.